The Kier molecular flexibility index (Phi) is 6.76. The van der Waals surface area contributed by atoms with Gasteiger partial charge in [-0.2, -0.15) is 5.10 Å². The van der Waals surface area contributed by atoms with E-state index < -0.39 is 37.0 Å². The molecule has 3 amide bonds. The first-order chi connectivity index (χ1) is 16.8. The summed E-state index contributed by atoms with van der Waals surface area (Å²) < 4.78 is 6.60. The van der Waals surface area contributed by atoms with Gasteiger partial charge in [0, 0.05) is 19.2 Å². The van der Waals surface area contributed by atoms with Crippen LogP contribution in [0.2, 0.25) is 0 Å². The predicted octanol–water partition coefficient (Wildman–Crippen LogP) is 1.71. The molecule has 35 heavy (non-hydrogen) atoms. The van der Waals surface area contributed by atoms with Crippen molar-refractivity contribution >= 4 is 29.7 Å². The van der Waals surface area contributed by atoms with Gasteiger partial charge in [0.15, 0.2) is 5.82 Å². The summed E-state index contributed by atoms with van der Waals surface area (Å²) in [6, 6.07) is 15.9. The number of fused-ring (bicyclic) bond motifs is 3. The first kappa shape index (κ1) is 23.5. The Morgan fingerprint density at radius 2 is 1.54 bits per heavy atom. The van der Waals surface area contributed by atoms with E-state index in [0.29, 0.717) is 0 Å². The van der Waals surface area contributed by atoms with Gasteiger partial charge in [-0.05, 0) is 22.3 Å². The normalized spacial score (nSPS) is 11.8. The SMILES string of the molecule is Cn1cc(C(=O)O)c(NC(=O)CNC(=O)CNC(=O)OCC2c3ccccc3-c3ccccc32)n1. The maximum Gasteiger partial charge on any atom is 0.407 e. The summed E-state index contributed by atoms with van der Waals surface area (Å²) in [6.07, 6.45) is 0.487. The molecule has 11 heteroatoms. The largest absolute Gasteiger partial charge is 0.477 e. The second kappa shape index (κ2) is 10.1. The number of amides is 3. The molecule has 0 radical (unpaired) electrons. The predicted molar refractivity (Wildman–Crippen MR) is 125 cm³/mol. The molecule has 4 rings (SSSR count). The topological polar surface area (TPSA) is 152 Å². The van der Waals surface area contributed by atoms with E-state index in [9.17, 15) is 19.2 Å². The van der Waals surface area contributed by atoms with Crippen LogP contribution in [0.1, 0.15) is 27.4 Å². The van der Waals surface area contributed by atoms with Gasteiger partial charge >= 0.3 is 12.1 Å². The molecule has 0 saturated heterocycles. The molecule has 3 aromatic rings. The molecule has 0 fully saturated rings. The Bertz CT molecular complexity index is 1260. The number of carbonyl (C=O) groups is 4. The van der Waals surface area contributed by atoms with E-state index >= 15 is 0 Å². The first-order valence-electron chi connectivity index (χ1n) is 10.8. The zero-order valence-electron chi connectivity index (χ0n) is 18.8. The number of nitrogens with zero attached hydrogens (tertiary/aromatic N) is 2. The number of aryl methyl sites for hydroxylation is 1. The molecule has 0 unspecified atom stereocenters. The van der Waals surface area contributed by atoms with E-state index in [1.165, 1.54) is 17.9 Å². The van der Waals surface area contributed by atoms with Crippen LogP contribution in [0.3, 0.4) is 0 Å². The van der Waals surface area contributed by atoms with E-state index in [1.807, 2.05) is 48.5 Å². The van der Waals surface area contributed by atoms with Crippen molar-refractivity contribution < 1.29 is 29.0 Å². The average Bonchev–Trinajstić information content (AvgIpc) is 3.37. The summed E-state index contributed by atoms with van der Waals surface area (Å²) in [5.41, 5.74) is 4.18. The number of carboxylic acids is 1. The highest BCUT2D eigenvalue weighted by Gasteiger charge is 2.29. The third-order valence-electron chi connectivity index (χ3n) is 5.50. The summed E-state index contributed by atoms with van der Waals surface area (Å²) in [7, 11) is 1.51. The second-order valence-electron chi connectivity index (χ2n) is 7.87. The maximum atomic E-state index is 12.2. The minimum Gasteiger partial charge on any atom is -0.477 e. The second-order valence-corrected chi connectivity index (χ2v) is 7.87. The van der Waals surface area contributed by atoms with Crippen molar-refractivity contribution in [3.63, 3.8) is 0 Å². The highest BCUT2D eigenvalue weighted by Crippen LogP contribution is 2.44. The van der Waals surface area contributed by atoms with Crippen molar-refractivity contribution in [2.24, 2.45) is 7.05 Å². The highest BCUT2D eigenvalue weighted by atomic mass is 16.5. The summed E-state index contributed by atoms with van der Waals surface area (Å²) >= 11 is 0. The number of benzene rings is 2. The fraction of sp³-hybridized carbons (Fsp3) is 0.208. The van der Waals surface area contributed by atoms with Crippen LogP contribution in [0.4, 0.5) is 10.6 Å². The van der Waals surface area contributed by atoms with Crippen LogP contribution in [0.5, 0.6) is 0 Å². The Hall–Kier alpha value is -4.67. The summed E-state index contributed by atoms with van der Waals surface area (Å²) in [5.74, 6) is -2.76. The van der Waals surface area contributed by atoms with E-state index in [2.05, 4.69) is 21.0 Å². The van der Waals surface area contributed by atoms with Gasteiger partial charge in [0.2, 0.25) is 11.8 Å². The Morgan fingerprint density at radius 3 is 2.17 bits per heavy atom. The van der Waals surface area contributed by atoms with Gasteiger partial charge in [-0.25, -0.2) is 9.59 Å². The number of carboxylic acid groups (broad SMARTS) is 1. The van der Waals surface area contributed by atoms with Gasteiger partial charge in [0.1, 0.15) is 18.7 Å². The first-order valence-corrected chi connectivity index (χ1v) is 10.8. The van der Waals surface area contributed by atoms with Gasteiger partial charge in [0.05, 0.1) is 6.54 Å². The zero-order chi connectivity index (χ0) is 24.9. The lowest BCUT2D eigenvalue weighted by molar-refractivity contribution is -0.123. The molecule has 1 aliphatic carbocycles. The minimum atomic E-state index is -1.25. The molecule has 180 valence electrons. The van der Waals surface area contributed by atoms with E-state index in [1.54, 1.807) is 0 Å². The third kappa shape index (κ3) is 5.29. The van der Waals surface area contributed by atoms with Crippen LogP contribution in [0, 0.1) is 0 Å². The van der Waals surface area contributed by atoms with Crippen LogP contribution in [0.15, 0.2) is 54.7 Å². The van der Waals surface area contributed by atoms with Gasteiger partial charge in [-0.1, -0.05) is 48.5 Å². The number of aromatic nitrogens is 2. The number of alkyl carbamates (subject to hydrolysis) is 1. The molecule has 0 spiro atoms. The van der Waals surface area contributed by atoms with Crippen LogP contribution < -0.4 is 16.0 Å². The fourth-order valence-electron chi connectivity index (χ4n) is 3.96. The Labute approximate surface area is 200 Å². The molecule has 0 bridgehead atoms. The van der Waals surface area contributed by atoms with Crippen molar-refractivity contribution in [2.75, 3.05) is 25.0 Å². The highest BCUT2D eigenvalue weighted by molar-refractivity contribution is 6.00. The average molecular weight is 477 g/mol. The van der Waals surface area contributed by atoms with Crippen molar-refractivity contribution in [1.29, 1.82) is 0 Å². The summed E-state index contributed by atoms with van der Waals surface area (Å²) in [5, 5.41) is 20.0. The Morgan fingerprint density at radius 1 is 0.943 bits per heavy atom. The van der Waals surface area contributed by atoms with Gasteiger partial charge < -0.3 is 25.8 Å². The molecule has 4 N–H and O–H groups in total. The van der Waals surface area contributed by atoms with Gasteiger partial charge in [-0.3, -0.25) is 14.3 Å². The van der Waals surface area contributed by atoms with Crippen molar-refractivity contribution in [2.45, 2.75) is 5.92 Å². The smallest absolute Gasteiger partial charge is 0.407 e. The van der Waals surface area contributed by atoms with Crippen LogP contribution in [-0.4, -0.2) is 58.5 Å². The minimum absolute atomic E-state index is 0.104. The van der Waals surface area contributed by atoms with Crippen molar-refractivity contribution in [1.82, 2.24) is 20.4 Å². The Balaban J connectivity index is 1.22. The van der Waals surface area contributed by atoms with Gasteiger partial charge in [-0.15, -0.1) is 0 Å². The monoisotopic (exact) mass is 477 g/mol. The molecular weight excluding hydrogens is 454 g/mol. The van der Waals surface area contributed by atoms with E-state index in [-0.39, 0.29) is 23.9 Å². The van der Waals surface area contributed by atoms with Crippen molar-refractivity contribution in [3.8, 4) is 11.1 Å². The number of nitrogens with one attached hydrogen (secondary N) is 3. The summed E-state index contributed by atoms with van der Waals surface area (Å²) in [4.78, 5) is 47.3. The maximum absolute atomic E-state index is 12.2. The quantitative estimate of drug-likeness (QED) is 0.385. The molecule has 1 heterocycles. The zero-order valence-corrected chi connectivity index (χ0v) is 18.8. The van der Waals surface area contributed by atoms with E-state index in [4.69, 9.17) is 9.84 Å². The number of hydrogen-bond donors (Lipinski definition) is 4. The van der Waals surface area contributed by atoms with Crippen LogP contribution in [-0.2, 0) is 21.4 Å². The van der Waals surface area contributed by atoms with Crippen LogP contribution in [0.25, 0.3) is 11.1 Å². The van der Waals surface area contributed by atoms with Crippen LogP contribution >= 0.6 is 0 Å². The standard InChI is InChI=1S/C24H23N5O6/c1-29-12-18(23(32)33)22(28-29)27-21(31)11-25-20(30)10-26-24(34)35-13-19-16-8-4-2-6-14(16)15-7-3-5-9-17(15)19/h2-9,12,19H,10-11,13H2,1H3,(H,25,30)(H,26,34)(H,32,33)(H,27,28,31). The number of hydrogen-bond acceptors (Lipinski definition) is 6. The lowest BCUT2D eigenvalue weighted by Crippen LogP contribution is -2.40. The lowest BCUT2D eigenvalue weighted by Gasteiger charge is -2.14. The number of aromatic carboxylic acids is 1. The number of carbonyl (C=O) groups excluding carboxylic acids is 3. The fourth-order valence-corrected chi connectivity index (χ4v) is 3.96. The molecule has 11 nitrogen and oxygen atoms in total. The lowest BCUT2D eigenvalue weighted by atomic mass is 9.98. The molecule has 2 aromatic carbocycles. The van der Waals surface area contributed by atoms with E-state index in [0.717, 1.165) is 22.3 Å². The molecular formula is C24H23N5O6. The molecule has 0 saturated carbocycles. The summed E-state index contributed by atoms with van der Waals surface area (Å²) in [6.45, 7) is -0.714. The van der Waals surface area contributed by atoms with Gasteiger partial charge in [0.25, 0.3) is 0 Å². The molecule has 0 aliphatic heterocycles. The molecule has 1 aromatic heterocycles. The van der Waals surface area contributed by atoms with Crippen molar-refractivity contribution in [3.05, 3.63) is 71.4 Å². The number of anilines is 1. The molecule has 1 aliphatic rings. The number of ether oxygens (including phenoxy) is 1. The molecule has 0 atom stereocenters. The number of rotatable bonds is 8. The third-order valence-corrected chi connectivity index (χ3v) is 5.50.